The van der Waals surface area contributed by atoms with E-state index in [0.717, 1.165) is 17.8 Å². The molecule has 2 aromatic rings. The van der Waals surface area contributed by atoms with E-state index in [4.69, 9.17) is 11.1 Å². The van der Waals surface area contributed by atoms with Gasteiger partial charge in [-0.2, -0.15) is 0 Å². The molecule has 17 heavy (non-hydrogen) atoms. The van der Waals surface area contributed by atoms with Crippen molar-refractivity contribution in [1.29, 1.82) is 5.41 Å². The van der Waals surface area contributed by atoms with Crippen molar-refractivity contribution in [2.24, 2.45) is 5.73 Å². The highest BCUT2D eigenvalue weighted by Gasteiger charge is 2.03. The second kappa shape index (κ2) is 4.41. The van der Waals surface area contributed by atoms with E-state index in [-0.39, 0.29) is 5.84 Å². The Morgan fingerprint density at radius 3 is 2.41 bits per heavy atom. The Hall–Kier alpha value is -2.10. The first-order chi connectivity index (χ1) is 8.08. The van der Waals surface area contributed by atoms with E-state index >= 15 is 0 Å². The first kappa shape index (κ1) is 11.4. The number of nitrogen functional groups attached to an aromatic ring is 1. The molecule has 0 atom stereocenters. The van der Waals surface area contributed by atoms with Gasteiger partial charge in [0.15, 0.2) is 0 Å². The van der Waals surface area contributed by atoms with Gasteiger partial charge in [0.1, 0.15) is 5.84 Å². The predicted molar refractivity (Wildman–Crippen MR) is 68.3 cm³/mol. The van der Waals surface area contributed by atoms with Gasteiger partial charge >= 0.3 is 0 Å². The highest BCUT2D eigenvalue weighted by molar-refractivity contribution is 5.94. The van der Waals surface area contributed by atoms with Gasteiger partial charge in [-0.15, -0.1) is 0 Å². The number of imidazole rings is 1. The molecule has 0 aliphatic heterocycles. The maximum atomic E-state index is 7.33. The molecule has 0 aliphatic rings. The lowest BCUT2D eigenvalue weighted by atomic mass is 10.1. The van der Waals surface area contributed by atoms with Crippen LogP contribution in [0.1, 0.15) is 22.5 Å². The van der Waals surface area contributed by atoms with Gasteiger partial charge < -0.3 is 10.3 Å². The highest BCUT2D eigenvalue weighted by Crippen LogP contribution is 2.10. The van der Waals surface area contributed by atoms with Crippen LogP contribution in [0.5, 0.6) is 0 Å². The SMILES string of the molecule is Cc1ncn(Cc2ccc(C(=N)N)cc2)c1C. The molecule has 4 nitrogen and oxygen atoms in total. The van der Waals surface area contributed by atoms with Gasteiger partial charge in [-0.25, -0.2) is 4.98 Å². The zero-order valence-corrected chi connectivity index (χ0v) is 10.1. The zero-order valence-electron chi connectivity index (χ0n) is 10.1. The minimum Gasteiger partial charge on any atom is -0.384 e. The standard InChI is InChI=1S/C13H16N4/c1-9-10(2)17(8-16-9)7-11-3-5-12(6-4-11)13(14)15/h3-6,8H,7H2,1-2H3,(H3,14,15). The number of aromatic nitrogens is 2. The molecule has 0 bridgehead atoms. The Balaban J connectivity index is 2.19. The van der Waals surface area contributed by atoms with Gasteiger partial charge in [0.05, 0.1) is 12.0 Å². The number of amidine groups is 1. The average molecular weight is 228 g/mol. The Morgan fingerprint density at radius 1 is 1.29 bits per heavy atom. The molecule has 0 spiro atoms. The van der Waals surface area contributed by atoms with E-state index in [1.54, 1.807) is 0 Å². The van der Waals surface area contributed by atoms with Crippen molar-refractivity contribution in [3.05, 3.63) is 53.1 Å². The third-order valence-corrected chi connectivity index (χ3v) is 2.96. The second-order valence-corrected chi connectivity index (χ2v) is 4.15. The molecular weight excluding hydrogens is 212 g/mol. The Bertz CT molecular complexity index is 537. The number of hydrogen-bond donors (Lipinski definition) is 2. The van der Waals surface area contributed by atoms with E-state index in [9.17, 15) is 0 Å². The van der Waals surface area contributed by atoms with E-state index in [1.165, 1.54) is 11.3 Å². The molecule has 0 saturated carbocycles. The van der Waals surface area contributed by atoms with Gasteiger partial charge in [-0.3, -0.25) is 5.41 Å². The fourth-order valence-corrected chi connectivity index (χ4v) is 1.69. The topological polar surface area (TPSA) is 67.7 Å². The third kappa shape index (κ3) is 2.36. The molecule has 88 valence electrons. The third-order valence-electron chi connectivity index (χ3n) is 2.96. The van der Waals surface area contributed by atoms with Crippen molar-refractivity contribution in [1.82, 2.24) is 9.55 Å². The molecule has 0 radical (unpaired) electrons. The van der Waals surface area contributed by atoms with Crippen molar-refractivity contribution in [3.8, 4) is 0 Å². The van der Waals surface area contributed by atoms with Crippen molar-refractivity contribution in [3.63, 3.8) is 0 Å². The molecule has 0 fully saturated rings. The summed E-state index contributed by atoms with van der Waals surface area (Å²) in [6.45, 7) is 4.86. The van der Waals surface area contributed by atoms with Crippen LogP contribution < -0.4 is 5.73 Å². The van der Waals surface area contributed by atoms with Crippen LogP contribution in [-0.4, -0.2) is 15.4 Å². The molecule has 4 heteroatoms. The molecule has 2 rings (SSSR count). The maximum Gasteiger partial charge on any atom is 0.122 e. The van der Waals surface area contributed by atoms with E-state index in [1.807, 2.05) is 37.5 Å². The van der Waals surface area contributed by atoms with E-state index in [0.29, 0.717) is 0 Å². The number of nitrogens with zero attached hydrogens (tertiary/aromatic N) is 2. The number of nitrogens with two attached hydrogens (primary N) is 1. The Morgan fingerprint density at radius 2 is 1.94 bits per heavy atom. The van der Waals surface area contributed by atoms with Crippen LogP contribution in [0.15, 0.2) is 30.6 Å². The minimum absolute atomic E-state index is 0.103. The lowest BCUT2D eigenvalue weighted by molar-refractivity contribution is 0.768. The van der Waals surface area contributed by atoms with Crippen molar-refractivity contribution < 1.29 is 0 Å². The summed E-state index contributed by atoms with van der Waals surface area (Å²) in [5, 5.41) is 7.33. The number of rotatable bonds is 3. The van der Waals surface area contributed by atoms with Crippen LogP contribution >= 0.6 is 0 Å². The predicted octanol–water partition coefficient (Wildman–Crippen LogP) is 1.83. The largest absolute Gasteiger partial charge is 0.384 e. The van der Waals surface area contributed by atoms with Crippen LogP contribution in [0.3, 0.4) is 0 Å². The van der Waals surface area contributed by atoms with E-state index < -0.39 is 0 Å². The maximum absolute atomic E-state index is 7.33. The normalized spacial score (nSPS) is 10.5. The number of aryl methyl sites for hydroxylation is 1. The zero-order chi connectivity index (χ0) is 12.4. The summed E-state index contributed by atoms with van der Waals surface area (Å²) in [6.07, 6.45) is 1.85. The van der Waals surface area contributed by atoms with Gasteiger partial charge in [-0.05, 0) is 19.4 Å². The summed E-state index contributed by atoms with van der Waals surface area (Å²) in [5.74, 6) is 0.103. The lowest BCUT2D eigenvalue weighted by Gasteiger charge is -2.06. The first-order valence-corrected chi connectivity index (χ1v) is 5.49. The quantitative estimate of drug-likeness (QED) is 0.621. The molecular formula is C13H16N4. The van der Waals surface area contributed by atoms with Crippen molar-refractivity contribution in [2.75, 3.05) is 0 Å². The van der Waals surface area contributed by atoms with Crippen LogP contribution in [0, 0.1) is 19.3 Å². The monoisotopic (exact) mass is 228 g/mol. The van der Waals surface area contributed by atoms with Gasteiger partial charge in [0.2, 0.25) is 0 Å². The van der Waals surface area contributed by atoms with Gasteiger partial charge in [0, 0.05) is 17.8 Å². The summed E-state index contributed by atoms with van der Waals surface area (Å²) < 4.78 is 2.11. The Kier molecular flexibility index (Phi) is 2.95. The number of nitrogens with one attached hydrogen (secondary N) is 1. The number of benzene rings is 1. The molecule has 1 aromatic carbocycles. The fraction of sp³-hybridized carbons (Fsp3) is 0.231. The van der Waals surface area contributed by atoms with Crippen LogP contribution in [0.2, 0.25) is 0 Å². The average Bonchev–Trinajstić information content (AvgIpc) is 2.62. The summed E-state index contributed by atoms with van der Waals surface area (Å²) >= 11 is 0. The summed E-state index contributed by atoms with van der Waals surface area (Å²) in [7, 11) is 0. The molecule has 1 aromatic heterocycles. The number of hydrogen-bond acceptors (Lipinski definition) is 2. The molecule has 0 saturated heterocycles. The highest BCUT2D eigenvalue weighted by atomic mass is 15.0. The van der Waals surface area contributed by atoms with Crippen molar-refractivity contribution >= 4 is 5.84 Å². The van der Waals surface area contributed by atoms with Crippen LogP contribution in [-0.2, 0) is 6.54 Å². The molecule has 1 heterocycles. The second-order valence-electron chi connectivity index (χ2n) is 4.15. The minimum atomic E-state index is 0.103. The lowest BCUT2D eigenvalue weighted by Crippen LogP contribution is -2.11. The van der Waals surface area contributed by atoms with Crippen molar-refractivity contribution in [2.45, 2.75) is 20.4 Å². The van der Waals surface area contributed by atoms with Gasteiger partial charge in [0.25, 0.3) is 0 Å². The van der Waals surface area contributed by atoms with Gasteiger partial charge in [-0.1, -0.05) is 24.3 Å². The summed E-state index contributed by atoms with van der Waals surface area (Å²) in [5.41, 5.74) is 9.59. The molecule has 0 aliphatic carbocycles. The smallest absolute Gasteiger partial charge is 0.122 e. The van der Waals surface area contributed by atoms with Crippen LogP contribution in [0.25, 0.3) is 0 Å². The van der Waals surface area contributed by atoms with E-state index in [2.05, 4.69) is 16.5 Å². The fourth-order valence-electron chi connectivity index (χ4n) is 1.69. The molecule has 0 amide bonds. The summed E-state index contributed by atoms with van der Waals surface area (Å²) in [6, 6.07) is 7.73. The first-order valence-electron chi connectivity index (χ1n) is 5.49. The summed E-state index contributed by atoms with van der Waals surface area (Å²) in [4.78, 5) is 4.27. The van der Waals surface area contributed by atoms with Crippen LogP contribution in [0.4, 0.5) is 0 Å². The molecule has 0 unspecified atom stereocenters. The Labute approximate surface area is 101 Å². The molecule has 3 N–H and O–H groups in total.